The van der Waals surface area contributed by atoms with Crippen LogP contribution in [-0.2, 0) is 11.8 Å². The lowest BCUT2D eigenvalue weighted by Gasteiger charge is -2.21. The molecule has 180 valence electrons. The quantitative estimate of drug-likeness (QED) is 0.416. The van der Waals surface area contributed by atoms with Crippen LogP contribution in [-0.4, -0.2) is 39.4 Å². The SMILES string of the molecule is COc1ccc(Cl)cc1NC(=O)CSc1nnc(C(NC(=O)c2ccc(F)cc2)C(C)C)n1C. The molecule has 1 aromatic heterocycles. The summed E-state index contributed by atoms with van der Waals surface area (Å²) in [5.41, 5.74) is 0.819. The molecule has 1 atom stereocenters. The Kier molecular flexibility index (Phi) is 8.51. The van der Waals surface area contributed by atoms with Crippen molar-refractivity contribution < 1.29 is 18.7 Å². The fourth-order valence-electron chi connectivity index (χ4n) is 3.17. The van der Waals surface area contributed by atoms with E-state index in [9.17, 15) is 14.0 Å². The highest BCUT2D eigenvalue weighted by molar-refractivity contribution is 7.99. The third-order valence-electron chi connectivity index (χ3n) is 4.97. The fourth-order valence-corrected chi connectivity index (χ4v) is 4.06. The van der Waals surface area contributed by atoms with Gasteiger partial charge in [-0.25, -0.2) is 4.39 Å². The number of hydrogen-bond donors (Lipinski definition) is 2. The molecular weight excluding hydrogens is 481 g/mol. The molecular formula is C23H25ClFN5O3S. The van der Waals surface area contributed by atoms with Gasteiger partial charge in [0.1, 0.15) is 11.6 Å². The largest absolute Gasteiger partial charge is 0.495 e. The number of carbonyl (C=O) groups is 2. The number of benzene rings is 2. The number of nitrogens with one attached hydrogen (secondary N) is 2. The first kappa shape index (κ1) is 25.5. The Hall–Kier alpha value is -3.11. The number of rotatable bonds is 9. The first-order valence-corrected chi connectivity index (χ1v) is 11.8. The molecule has 0 aliphatic rings. The van der Waals surface area contributed by atoms with Crippen LogP contribution in [0, 0.1) is 11.7 Å². The van der Waals surface area contributed by atoms with Crippen molar-refractivity contribution in [1.29, 1.82) is 0 Å². The molecule has 0 bridgehead atoms. The number of ether oxygens (including phenoxy) is 1. The lowest BCUT2D eigenvalue weighted by Crippen LogP contribution is -2.33. The van der Waals surface area contributed by atoms with Crippen LogP contribution in [0.25, 0.3) is 0 Å². The van der Waals surface area contributed by atoms with Crippen molar-refractivity contribution in [3.8, 4) is 5.75 Å². The third-order valence-corrected chi connectivity index (χ3v) is 6.23. The summed E-state index contributed by atoms with van der Waals surface area (Å²) in [4.78, 5) is 25.1. The van der Waals surface area contributed by atoms with Crippen molar-refractivity contribution in [3.63, 3.8) is 0 Å². The number of amides is 2. The van der Waals surface area contributed by atoms with Gasteiger partial charge < -0.3 is 19.9 Å². The minimum atomic E-state index is -0.436. The van der Waals surface area contributed by atoms with Crippen molar-refractivity contribution in [3.05, 3.63) is 64.7 Å². The van der Waals surface area contributed by atoms with Crippen LogP contribution in [0.3, 0.4) is 0 Å². The van der Waals surface area contributed by atoms with Crippen LogP contribution in [0.15, 0.2) is 47.6 Å². The van der Waals surface area contributed by atoms with E-state index in [1.54, 1.807) is 29.8 Å². The van der Waals surface area contributed by atoms with Gasteiger partial charge in [-0.05, 0) is 48.4 Å². The van der Waals surface area contributed by atoms with Gasteiger partial charge in [0.2, 0.25) is 5.91 Å². The summed E-state index contributed by atoms with van der Waals surface area (Å²) in [6.07, 6.45) is 0. The number of hydrogen-bond acceptors (Lipinski definition) is 6. The Bertz CT molecular complexity index is 1170. The Morgan fingerprint density at radius 2 is 1.88 bits per heavy atom. The normalized spacial score (nSPS) is 11.9. The standard InChI is InChI=1S/C23H25ClFN5O3S/c1-13(2)20(27-22(32)14-5-8-16(25)9-6-14)21-28-29-23(30(21)3)34-12-19(31)26-17-11-15(24)7-10-18(17)33-4/h5-11,13,20H,12H2,1-4H3,(H,26,31)(H,27,32). The van der Waals surface area contributed by atoms with E-state index in [2.05, 4.69) is 20.8 Å². The molecule has 3 rings (SSSR count). The van der Waals surface area contributed by atoms with Crippen LogP contribution in [0.2, 0.25) is 5.02 Å². The van der Waals surface area contributed by atoms with Crippen molar-refractivity contribution >= 4 is 40.9 Å². The maximum Gasteiger partial charge on any atom is 0.251 e. The lowest BCUT2D eigenvalue weighted by molar-refractivity contribution is -0.113. The number of anilines is 1. The number of aromatic nitrogens is 3. The zero-order chi connectivity index (χ0) is 24.8. The molecule has 1 heterocycles. The molecule has 2 N–H and O–H groups in total. The minimum absolute atomic E-state index is 0.00346. The molecule has 0 saturated heterocycles. The lowest BCUT2D eigenvalue weighted by atomic mass is 10.0. The van der Waals surface area contributed by atoms with Crippen molar-refractivity contribution in [2.24, 2.45) is 13.0 Å². The van der Waals surface area contributed by atoms with Crippen molar-refractivity contribution in [1.82, 2.24) is 20.1 Å². The molecule has 0 aliphatic heterocycles. The predicted octanol–water partition coefficient (Wildman–Crippen LogP) is 4.47. The van der Waals surface area contributed by atoms with Gasteiger partial charge in [-0.15, -0.1) is 10.2 Å². The van der Waals surface area contributed by atoms with Crippen molar-refractivity contribution in [2.75, 3.05) is 18.2 Å². The molecule has 0 fully saturated rings. The van der Waals surface area contributed by atoms with Crippen LogP contribution in [0.4, 0.5) is 10.1 Å². The molecule has 0 radical (unpaired) electrons. The van der Waals surface area contributed by atoms with E-state index in [1.165, 1.54) is 43.1 Å². The summed E-state index contributed by atoms with van der Waals surface area (Å²) < 4.78 is 20.2. The summed E-state index contributed by atoms with van der Waals surface area (Å²) in [6, 6.07) is 9.84. The van der Waals surface area contributed by atoms with Gasteiger partial charge in [0, 0.05) is 17.6 Å². The Labute approximate surface area is 206 Å². The van der Waals surface area contributed by atoms with Crippen molar-refractivity contribution in [2.45, 2.75) is 25.0 Å². The number of halogens is 2. The second-order valence-electron chi connectivity index (χ2n) is 7.78. The molecule has 0 aliphatic carbocycles. The zero-order valence-electron chi connectivity index (χ0n) is 19.1. The van der Waals surface area contributed by atoms with Crippen LogP contribution in [0.5, 0.6) is 5.75 Å². The number of carbonyl (C=O) groups excluding carboxylic acids is 2. The summed E-state index contributed by atoms with van der Waals surface area (Å²) in [5, 5.41) is 15.1. The summed E-state index contributed by atoms with van der Waals surface area (Å²) >= 11 is 7.22. The summed E-state index contributed by atoms with van der Waals surface area (Å²) in [5.74, 6) is 0.111. The maximum absolute atomic E-state index is 13.2. The molecule has 1 unspecified atom stereocenters. The highest BCUT2D eigenvalue weighted by Gasteiger charge is 2.25. The average molecular weight is 506 g/mol. The molecule has 3 aromatic rings. The fraction of sp³-hybridized carbons (Fsp3) is 0.304. The molecule has 11 heteroatoms. The van der Waals surface area contributed by atoms with Crippen LogP contribution in [0.1, 0.15) is 36.1 Å². The van der Waals surface area contributed by atoms with Gasteiger partial charge in [0.15, 0.2) is 11.0 Å². The summed E-state index contributed by atoms with van der Waals surface area (Å²) in [7, 11) is 3.28. The van der Waals surface area contributed by atoms with Gasteiger partial charge in [-0.1, -0.05) is 37.2 Å². The predicted molar refractivity (Wildman–Crippen MR) is 130 cm³/mol. The molecule has 2 aromatic carbocycles. The van der Waals surface area contributed by atoms with E-state index < -0.39 is 11.9 Å². The zero-order valence-corrected chi connectivity index (χ0v) is 20.7. The Morgan fingerprint density at radius 3 is 2.53 bits per heavy atom. The smallest absolute Gasteiger partial charge is 0.251 e. The highest BCUT2D eigenvalue weighted by atomic mass is 35.5. The Balaban J connectivity index is 1.67. The van der Waals surface area contributed by atoms with Gasteiger partial charge in [-0.2, -0.15) is 0 Å². The van der Waals surface area contributed by atoms with Gasteiger partial charge in [0.25, 0.3) is 5.91 Å². The first-order valence-electron chi connectivity index (χ1n) is 10.4. The van der Waals surface area contributed by atoms with Gasteiger partial charge in [0.05, 0.1) is 24.6 Å². The van der Waals surface area contributed by atoms with Gasteiger partial charge >= 0.3 is 0 Å². The average Bonchev–Trinajstić information content (AvgIpc) is 3.16. The first-order chi connectivity index (χ1) is 16.2. The van der Waals surface area contributed by atoms with E-state index in [1.807, 2.05) is 13.8 Å². The Morgan fingerprint density at radius 1 is 1.18 bits per heavy atom. The molecule has 0 spiro atoms. The molecule has 2 amide bonds. The maximum atomic E-state index is 13.2. The van der Waals surface area contributed by atoms with E-state index in [-0.39, 0.29) is 23.5 Å². The third kappa shape index (κ3) is 6.27. The van der Waals surface area contributed by atoms with E-state index in [0.29, 0.717) is 33.0 Å². The molecule has 0 saturated carbocycles. The van der Waals surface area contributed by atoms with Crippen LogP contribution >= 0.6 is 23.4 Å². The van der Waals surface area contributed by atoms with Gasteiger partial charge in [-0.3, -0.25) is 9.59 Å². The van der Waals surface area contributed by atoms with E-state index in [0.717, 1.165) is 0 Å². The molecule has 34 heavy (non-hydrogen) atoms. The highest BCUT2D eigenvalue weighted by Crippen LogP contribution is 2.28. The topological polar surface area (TPSA) is 98.1 Å². The monoisotopic (exact) mass is 505 g/mol. The second-order valence-corrected chi connectivity index (χ2v) is 9.16. The number of thioether (sulfide) groups is 1. The second kappa shape index (κ2) is 11.3. The van der Waals surface area contributed by atoms with E-state index in [4.69, 9.17) is 16.3 Å². The number of nitrogens with zero attached hydrogens (tertiary/aromatic N) is 3. The van der Waals surface area contributed by atoms with Crippen LogP contribution < -0.4 is 15.4 Å². The molecule has 8 nitrogen and oxygen atoms in total. The number of methoxy groups -OCH3 is 1. The minimum Gasteiger partial charge on any atom is -0.495 e. The summed E-state index contributed by atoms with van der Waals surface area (Å²) in [6.45, 7) is 3.89. The van der Waals surface area contributed by atoms with E-state index >= 15 is 0 Å².